The van der Waals surface area contributed by atoms with Gasteiger partial charge in [-0.05, 0) is 37.0 Å². The van der Waals surface area contributed by atoms with Gasteiger partial charge in [0.15, 0.2) is 0 Å². The lowest BCUT2D eigenvalue weighted by Crippen LogP contribution is -2.28. The highest BCUT2D eigenvalue weighted by Crippen LogP contribution is 2.25. The fourth-order valence-electron chi connectivity index (χ4n) is 2.46. The van der Waals surface area contributed by atoms with E-state index in [-0.39, 0.29) is 12.5 Å². The molecule has 0 saturated carbocycles. The standard InChI is InChI=1S/C14H20N2O3/c1-19-13-8-11(2-3-12(13)15)14(18)16-6-4-10(9-16)5-7-17/h2-3,8,10,17H,4-7,9,15H2,1H3. The molecule has 1 aromatic carbocycles. The lowest BCUT2D eigenvalue weighted by molar-refractivity contribution is 0.0784. The Morgan fingerprint density at radius 1 is 1.58 bits per heavy atom. The molecule has 5 nitrogen and oxygen atoms in total. The van der Waals surface area contributed by atoms with Crippen molar-refractivity contribution < 1.29 is 14.6 Å². The van der Waals surface area contributed by atoms with Gasteiger partial charge < -0.3 is 20.5 Å². The van der Waals surface area contributed by atoms with Gasteiger partial charge in [-0.3, -0.25) is 4.79 Å². The minimum absolute atomic E-state index is 0.00117. The molecule has 5 heteroatoms. The lowest BCUT2D eigenvalue weighted by atomic mass is 10.1. The minimum Gasteiger partial charge on any atom is -0.495 e. The number of nitrogens with two attached hydrogens (primary N) is 1. The molecule has 0 aliphatic carbocycles. The van der Waals surface area contributed by atoms with Crippen LogP contribution in [0.5, 0.6) is 5.75 Å². The first kappa shape index (κ1) is 13.7. The number of aliphatic hydroxyl groups excluding tert-OH is 1. The van der Waals surface area contributed by atoms with Crippen LogP contribution in [0, 0.1) is 5.92 Å². The first-order valence-corrected chi connectivity index (χ1v) is 6.49. The fourth-order valence-corrected chi connectivity index (χ4v) is 2.46. The summed E-state index contributed by atoms with van der Waals surface area (Å²) in [6.45, 7) is 1.64. The largest absolute Gasteiger partial charge is 0.495 e. The number of benzene rings is 1. The van der Waals surface area contributed by atoms with Crippen LogP contribution in [0.4, 0.5) is 5.69 Å². The molecule has 2 rings (SSSR count). The molecule has 1 saturated heterocycles. The molecule has 19 heavy (non-hydrogen) atoms. The van der Waals surface area contributed by atoms with Crippen molar-refractivity contribution in [2.45, 2.75) is 12.8 Å². The van der Waals surface area contributed by atoms with Crippen molar-refractivity contribution in [3.05, 3.63) is 23.8 Å². The molecule has 1 aromatic rings. The van der Waals surface area contributed by atoms with Crippen molar-refractivity contribution in [3.8, 4) is 5.75 Å². The molecule has 1 amide bonds. The van der Waals surface area contributed by atoms with E-state index in [1.807, 2.05) is 4.90 Å². The molecule has 0 spiro atoms. The molecular formula is C14H20N2O3. The highest BCUT2D eigenvalue weighted by atomic mass is 16.5. The molecule has 104 valence electrons. The minimum atomic E-state index is -0.00117. The Hall–Kier alpha value is -1.75. The van der Waals surface area contributed by atoms with Gasteiger partial charge in [0.05, 0.1) is 12.8 Å². The molecular weight excluding hydrogens is 244 g/mol. The van der Waals surface area contributed by atoms with Gasteiger partial charge in [0.2, 0.25) is 0 Å². The molecule has 1 fully saturated rings. The average Bonchev–Trinajstić information content (AvgIpc) is 2.87. The summed E-state index contributed by atoms with van der Waals surface area (Å²) in [7, 11) is 1.53. The van der Waals surface area contributed by atoms with E-state index >= 15 is 0 Å². The van der Waals surface area contributed by atoms with Gasteiger partial charge in [-0.15, -0.1) is 0 Å². The lowest BCUT2D eigenvalue weighted by Gasteiger charge is -2.17. The highest BCUT2D eigenvalue weighted by Gasteiger charge is 2.26. The van der Waals surface area contributed by atoms with E-state index in [1.165, 1.54) is 7.11 Å². The number of carbonyl (C=O) groups excluding carboxylic acids is 1. The van der Waals surface area contributed by atoms with Crippen molar-refractivity contribution in [3.63, 3.8) is 0 Å². The van der Waals surface area contributed by atoms with Gasteiger partial charge in [0.25, 0.3) is 5.91 Å². The second-order valence-electron chi connectivity index (χ2n) is 4.87. The fraction of sp³-hybridized carbons (Fsp3) is 0.500. The Morgan fingerprint density at radius 3 is 3.05 bits per heavy atom. The summed E-state index contributed by atoms with van der Waals surface area (Å²) in [5.74, 6) is 0.931. The van der Waals surface area contributed by atoms with Crippen LogP contribution >= 0.6 is 0 Å². The summed E-state index contributed by atoms with van der Waals surface area (Å²) >= 11 is 0. The highest BCUT2D eigenvalue weighted by molar-refractivity contribution is 5.95. The zero-order chi connectivity index (χ0) is 13.8. The second kappa shape index (κ2) is 5.93. The maximum atomic E-state index is 12.3. The van der Waals surface area contributed by atoms with Crippen LogP contribution in [0.2, 0.25) is 0 Å². The van der Waals surface area contributed by atoms with Crippen LogP contribution in [0.1, 0.15) is 23.2 Å². The predicted octanol–water partition coefficient (Wildman–Crippen LogP) is 1.12. The average molecular weight is 264 g/mol. The molecule has 1 aliphatic heterocycles. The molecule has 1 aliphatic rings. The van der Waals surface area contributed by atoms with E-state index in [4.69, 9.17) is 15.6 Å². The summed E-state index contributed by atoms with van der Waals surface area (Å²) in [6.07, 6.45) is 1.72. The van der Waals surface area contributed by atoms with E-state index < -0.39 is 0 Å². The number of ether oxygens (including phenoxy) is 1. The van der Waals surface area contributed by atoms with Crippen LogP contribution in [0.3, 0.4) is 0 Å². The van der Waals surface area contributed by atoms with E-state index in [0.717, 1.165) is 19.4 Å². The second-order valence-corrected chi connectivity index (χ2v) is 4.87. The van der Waals surface area contributed by atoms with Crippen LogP contribution in [-0.2, 0) is 0 Å². The van der Waals surface area contributed by atoms with Crippen molar-refractivity contribution in [2.75, 3.05) is 32.5 Å². The number of likely N-dealkylation sites (tertiary alicyclic amines) is 1. The Bertz CT molecular complexity index is 462. The summed E-state index contributed by atoms with van der Waals surface area (Å²) in [5.41, 5.74) is 6.86. The van der Waals surface area contributed by atoms with Crippen LogP contribution in [-0.4, -0.2) is 42.7 Å². The normalized spacial score (nSPS) is 18.6. The molecule has 1 unspecified atom stereocenters. The summed E-state index contributed by atoms with van der Waals surface area (Å²) < 4.78 is 5.13. The smallest absolute Gasteiger partial charge is 0.253 e. The summed E-state index contributed by atoms with van der Waals surface area (Å²) in [4.78, 5) is 14.2. The number of aliphatic hydroxyl groups is 1. The van der Waals surface area contributed by atoms with Gasteiger partial charge in [-0.2, -0.15) is 0 Å². The van der Waals surface area contributed by atoms with Gasteiger partial charge in [0, 0.05) is 25.3 Å². The van der Waals surface area contributed by atoms with Crippen molar-refractivity contribution in [1.82, 2.24) is 4.90 Å². The molecule has 1 heterocycles. The van der Waals surface area contributed by atoms with Gasteiger partial charge >= 0.3 is 0 Å². The molecule has 3 N–H and O–H groups in total. The first-order valence-electron chi connectivity index (χ1n) is 6.49. The number of hydrogen-bond acceptors (Lipinski definition) is 4. The number of nitrogen functional groups attached to an aromatic ring is 1. The van der Waals surface area contributed by atoms with Crippen molar-refractivity contribution >= 4 is 11.6 Å². The number of amides is 1. The number of carbonyl (C=O) groups is 1. The van der Waals surface area contributed by atoms with Gasteiger partial charge in [-0.25, -0.2) is 0 Å². The monoisotopic (exact) mass is 264 g/mol. The van der Waals surface area contributed by atoms with Crippen LogP contribution in [0.25, 0.3) is 0 Å². The maximum absolute atomic E-state index is 12.3. The summed E-state index contributed by atoms with van der Waals surface area (Å²) in [5, 5.41) is 8.93. The van der Waals surface area contributed by atoms with Crippen LogP contribution in [0.15, 0.2) is 18.2 Å². The first-order chi connectivity index (χ1) is 9.15. The number of rotatable bonds is 4. The van der Waals surface area contributed by atoms with Crippen LogP contribution < -0.4 is 10.5 Å². The predicted molar refractivity (Wildman–Crippen MR) is 73.1 cm³/mol. The number of methoxy groups -OCH3 is 1. The summed E-state index contributed by atoms with van der Waals surface area (Å²) in [6, 6.07) is 5.09. The topological polar surface area (TPSA) is 75.8 Å². The van der Waals surface area contributed by atoms with Crippen molar-refractivity contribution in [2.24, 2.45) is 5.92 Å². The maximum Gasteiger partial charge on any atom is 0.253 e. The zero-order valence-electron chi connectivity index (χ0n) is 11.1. The molecule has 0 radical (unpaired) electrons. The van der Waals surface area contributed by atoms with E-state index in [1.54, 1.807) is 18.2 Å². The Morgan fingerprint density at radius 2 is 2.37 bits per heavy atom. The van der Waals surface area contributed by atoms with E-state index in [9.17, 15) is 4.79 Å². The van der Waals surface area contributed by atoms with Gasteiger partial charge in [0.1, 0.15) is 5.75 Å². The number of anilines is 1. The quantitative estimate of drug-likeness (QED) is 0.799. The number of hydrogen-bond donors (Lipinski definition) is 2. The molecule has 0 aromatic heterocycles. The third-order valence-electron chi connectivity index (χ3n) is 3.59. The van der Waals surface area contributed by atoms with E-state index in [0.29, 0.717) is 29.5 Å². The zero-order valence-corrected chi connectivity index (χ0v) is 11.1. The Labute approximate surface area is 113 Å². The third kappa shape index (κ3) is 2.98. The third-order valence-corrected chi connectivity index (χ3v) is 3.59. The Kier molecular flexibility index (Phi) is 4.27. The SMILES string of the molecule is COc1cc(C(=O)N2CCC(CCO)C2)ccc1N. The Balaban J connectivity index is 2.08. The van der Waals surface area contributed by atoms with E-state index in [2.05, 4.69) is 0 Å². The molecule has 1 atom stereocenters. The number of nitrogens with zero attached hydrogens (tertiary/aromatic N) is 1. The van der Waals surface area contributed by atoms with Crippen molar-refractivity contribution in [1.29, 1.82) is 0 Å². The molecule has 0 bridgehead atoms. The van der Waals surface area contributed by atoms with Gasteiger partial charge in [-0.1, -0.05) is 0 Å².